The molecule has 9 nitrogen and oxygen atoms in total. The molecule has 4 aromatic heterocycles. The van der Waals surface area contributed by atoms with Crippen LogP contribution in [0.3, 0.4) is 0 Å². The molecule has 4 aromatic rings. The summed E-state index contributed by atoms with van der Waals surface area (Å²) in [6.45, 7) is 10.2. The number of rotatable bonds is 7. The maximum absolute atomic E-state index is 6.51. The third-order valence-corrected chi connectivity index (χ3v) is 6.63. The van der Waals surface area contributed by atoms with Crippen molar-refractivity contribution < 1.29 is 0 Å². The number of aromatic nitrogens is 6. The molecule has 0 saturated carbocycles. The van der Waals surface area contributed by atoms with Crippen molar-refractivity contribution in [1.82, 2.24) is 39.2 Å². The molecule has 0 N–H and O–H groups in total. The third kappa shape index (κ3) is 5.07. The van der Waals surface area contributed by atoms with E-state index in [0.29, 0.717) is 5.02 Å². The number of hydrogen-bond donors (Lipinski definition) is 0. The molecule has 0 aromatic carbocycles. The van der Waals surface area contributed by atoms with Crippen LogP contribution < -0.4 is 0 Å². The summed E-state index contributed by atoms with van der Waals surface area (Å²) in [7, 11) is 1.91. The van der Waals surface area contributed by atoms with Crippen LogP contribution in [0.2, 0.25) is 5.02 Å². The van der Waals surface area contributed by atoms with E-state index in [-0.39, 0.29) is 0 Å². The van der Waals surface area contributed by atoms with Gasteiger partial charge in [-0.3, -0.25) is 9.58 Å². The number of fused-ring (bicyclic) bond motifs is 1. The molecule has 0 atom stereocenters. The van der Waals surface area contributed by atoms with Gasteiger partial charge in [0.2, 0.25) is 0 Å². The van der Waals surface area contributed by atoms with E-state index in [1.807, 2.05) is 42.3 Å². The molecule has 0 spiro atoms. The Kier molecular flexibility index (Phi) is 6.92. The number of hydrogen-bond acceptors (Lipinski definition) is 7. The maximum atomic E-state index is 6.51. The van der Waals surface area contributed by atoms with E-state index >= 15 is 0 Å². The Morgan fingerprint density at radius 2 is 1.83 bits per heavy atom. The highest BCUT2D eigenvalue weighted by atomic mass is 35.5. The minimum absolute atomic E-state index is 0.611. The Labute approximate surface area is 215 Å². The fourth-order valence-corrected chi connectivity index (χ4v) is 4.64. The van der Waals surface area contributed by atoms with Crippen molar-refractivity contribution in [1.29, 1.82) is 0 Å². The molecule has 0 bridgehead atoms. The van der Waals surface area contributed by atoms with Crippen LogP contribution in [0.25, 0.3) is 22.2 Å². The Hall–Kier alpha value is -3.82. The first-order valence-electron chi connectivity index (χ1n) is 11.8. The highest BCUT2D eigenvalue weighted by Gasteiger charge is 2.19. The topological polar surface area (TPSA) is 79.7 Å². The van der Waals surface area contributed by atoms with Crippen LogP contribution in [0.5, 0.6) is 0 Å². The normalized spacial score (nSPS) is 15.6. The Morgan fingerprint density at radius 1 is 1.06 bits per heavy atom. The first-order valence-corrected chi connectivity index (χ1v) is 12.1. The fraction of sp³-hybridized carbons (Fsp3) is 0.269. The number of allylic oxidation sites excluding steroid dienone is 3. The van der Waals surface area contributed by atoms with Gasteiger partial charge < -0.3 is 4.90 Å². The van der Waals surface area contributed by atoms with Gasteiger partial charge in [0.25, 0.3) is 0 Å². The lowest BCUT2D eigenvalue weighted by atomic mass is 10.0. The third-order valence-electron chi connectivity index (χ3n) is 6.36. The summed E-state index contributed by atoms with van der Waals surface area (Å²) in [5, 5.41) is 9.36. The first-order chi connectivity index (χ1) is 17.5. The molecule has 0 amide bonds. The average Bonchev–Trinajstić information content (AvgIpc) is 3.50. The van der Waals surface area contributed by atoms with Gasteiger partial charge in [-0.25, -0.2) is 19.5 Å². The molecule has 1 aliphatic heterocycles. The minimum Gasteiger partial charge on any atom is -0.354 e. The van der Waals surface area contributed by atoms with Crippen LogP contribution in [-0.4, -0.2) is 72.1 Å². The van der Waals surface area contributed by atoms with Gasteiger partial charge >= 0.3 is 0 Å². The zero-order valence-electron chi connectivity index (χ0n) is 20.4. The molecule has 0 unspecified atom stereocenters. The molecule has 5 rings (SSSR count). The SMILES string of the molecule is C=N/C(=C\C=C(/C)c1cc(-c2cnn(C)c2)cn2ncc(Cl)c12)N1CCN(Cc2ncccn2)CC1. The molecular formula is C26H28ClN9. The highest BCUT2D eigenvalue weighted by Crippen LogP contribution is 2.31. The summed E-state index contributed by atoms with van der Waals surface area (Å²) < 4.78 is 3.61. The van der Waals surface area contributed by atoms with E-state index in [4.69, 9.17) is 11.6 Å². The smallest absolute Gasteiger partial charge is 0.142 e. The van der Waals surface area contributed by atoms with Gasteiger partial charge in [-0.05, 0) is 37.4 Å². The van der Waals surface area contributed by atoms with Gasteiger partial charge in [0.05, 0.1) is 29.5 Å². The van der Waals surface area contributed by atoms with Gasteiger partial charge in [0, 0.05) is 74.7 Å². The lowest BCUT2D eigenvalue weighted by molar-refractivity contribution is 0.149. The summed E-state index contributed by atoms with van der Waals surface area (Å²) >= 11 is 6.51. The number of halogens is 1. The Balaban J connectivity index is 1.36. The highest BCUT2D eigenvalue weighted by molar-refractivity contribution is 6.34. The molecule has 36 heavy (non-hydrogen) atoms. The van der Waals surface area contributed by atoms with Crippen molar-refractivity contribution in [2.45, 2.75) is 13.5 Å². The summed E-state index contributed by atoms with van der Waals surface area (Å²) in [4.78, 5) is 17.6. The van der Waals surface area contributed by atoms with Crippen LogP contribution in [0, 0.1) is 0 Å². The van der Waals surface area contributed by atoms with E-state index < -0.39 is 0 Å². The predicted molar refractivity (Wildman–Crippen MR) is 143 cm³/mol. The van der Waals surface area contributed by atoms with Gasteiger partial charge in [-0.2, -0.15) is 10.2 Å². The quantitative estimate of drug-likeness (QED) is 0.282. The zero-order valence-corrected chi connectivity index (χ0v) is 21.2. The van der Waals surface area contributed by atoms with Crippen molar-refractivity contribution in [3.8, 4) is 11.1 Å². The van der Waals surface area contributed by atoms with Crippen molar-refractivity contribution >= 4 is 29.4 Å². The lowest BCUT2D eigenvalue weighted by Crippen LogP contribution is -2.45. The van der Waals surface area contributed by atoms with Crippen LogP contribution in [0.15, 0.2) is 72.3 Å². The summed E-state index contributed by atoms with van der Waals surface area (Å²) in [6.07, 6.45) is 15.1. The molecule has 1 aliphatic rings. The van der Waals surface area contributed by atoms with E-state index in [9.17, 15) is 0 Å². The van der Waals surface area contributed by atoms with Crippen LogP contribution in [0.4, 0.5) is 0 Å². The van der Waals surface area contributed by atoms with E-state index in [0.717, 1.165) is 72.1 Å². The maximum Gasteiger partial charge on any atom is 0.142 e. The van der Waals surface area contributed by atoms with Crippen molar-refractivity contribution in [2.75, 3.05) is 26.2 Å². The largest absolute Gasteiger partial charge is 0.354 e. The van der Waals surface area contributed by atoms with Gasteiger partial charge in [-0.15, -0.1) is 0 Å². The number of aryl methyl sites for hydroxylation is 1. The average molecular weight is 502 g/mol. The second kappa shape index (κ2) is 10.4. The number of nitrogens with zero attached hydrogens (tertiary/aromatic N) is 9. The fourth-order valence-electron chi connectivity index (χ4n) is 4.41. The molecule has 5 heterocycles. The van der Waals surface area contributed by atoms with Crippen molar-refractivity contribution in [2.24, 2.45) is 12.0 Å². The minimum atomic E-state index is 0.611. The van der Waals surface area contributed by atoms with Crippen LogP contribution in [-0.2, 0) is 13.6 Å². The van der Waals surface area contributed by atoms with Crippen LogP contribution >= 0.6 is 11.6 Å². The van der Waals surface area contributed by atoms with E-state index in [1.54, 1.807) is 23.3 Å². The van der Waals surface area contributed by atoms with Gasteiger partial charge in [-0.1, -0.05) is 17.7 Å². The number of aliphatic imine (C=N–C) groups is 1. The van der Waals surface area contributed by atoms with Crippen molar-refractivity contribution in [3.05, 3.63) is 83.7 Å². The summed E-state index contributed by atoms with van der Waals surface area (Å²) in [6, 6.07) is 3.97. The number of piperazine rings is 1. The molecule has 1 saturated heterocycles. The summed E-state index contributed by atoms with van der Waals surface area (Å²) in [5.74, 6) is 1.70. The first kappa shape index (κ1) is 23.9. The molecule has 0 aliphatic carbocycles. The van der Waals surface area contributed by atoms with Gasteiger partial charge in [0.1, 0.15) is 11.6 Å². The van der Waals surface area contributed by atoms with Crippen molar-refractivity contribution in [3.63, 3.8) is 0 Å². The van der Waals surface area contributed by atoms with E-state index in [1.165, 1.54) is 0 Å². The monoisotopic (exact) mass is 501 g/mol. The summed E-state index contributed by atoms with van der Waals surface area (Å²) in [5.41, 5.74) is 4.96. The molecule has 1 fully saturated rings. The lowest BCUT2D eigenvalue weighted by Gasteiger charge is -2.35. The Bertz CT molecular complexity index is 1430. The molecule has 184 valence electrons. The standard InChI is InChI=1S/C26H28ClN9/c1-19(22-13-20(21-14-31-33(3)16-21)17-36-26(22)23(27)15-32-36)5-6-25(28-2)35-11-9-34(10-12-35)18-24-29-7-4-8-30-24/h4-8,13-17H,2,9-12,18H2,1,3H3/b19-5+,25-6+. The second-order valence-corrected chi connectivity index (χ2v) is 9.20. The Morgan fingerprint density at radius 3 is 2.53 bits per heavy atom. The molecule has 0 radical (unpaired) electrons. The zero-order chi connectivity index (χ0) is 25.1. The molecular weight excluding hydrogens is 474 g/mol. The van der Waals surface area contributed by atoms with E-state index in [2.05, 4.69) is 60.7 Å². The van der Waals surface area contributed by atoms with Gasteiger partial charge in [0.15, 0.2) is 0 Å². The number of pyridine rings is 1. The second-order valence-electron chi connectivity index (χ2n) is 8.79. The molecule has 10 heteroatoms. The predicted octanol–water partition coefficient (Wildman–Crippen LogP) is 3.94. The van der Waals surface area contributed by atoms with Crippen LogP contribution in [0.1, 0.15) is 18.3 Å².